The molecule has 0 atom stereocenters. The van der Waals surface area contributed by atoms with E-state index in [9.17, 15) is 4.79 Å². The van der Waals surface area contributed by atoms with Gasteiger partial charge < -0.3 is 15.8 Å². The van der Waals surface area contributed by atoms with Gasteiger partial charge in [0.15, 0.2) is 6.61 Å². The third-order valence-corrected chi connectivity index (χ3v) is 2.70. The van der Waals surface area contributed by atoms with Crippen LogP contribution in [-0.4, -0.2) is 24.0 Å². The van der Waals surface area contributed by atoms with Crippen molar-refractivity contribution in [2.24, 2.45) is 5.73 Å². The maximum absolute atomic E-state index is 11.3. The summed E-state index contributed by atoms with van der Waals surface area (Å²) in [6, 6.07) is 3.73. The van der Waals surface area contributed by atoms with Crippen LogP contribution in [0.4, 0.5) is 0 Å². The van der Waals surface area contributed by atoms with E-state index in [2.05, 4.69) is 5.32 Å². The Morgan fingerprint density at radius 3 is 2.39 bits per heavy atom. The van der Waals surface area contributed by atoms with Gasteiger partial charge in [-0.3, -0.25) is 4.79 Å². The zero-order valence-electron chi connectivity index (χ0n) is 10.9. The Hall–Kier alpha value is -1.62. The number of rotatable bonds is 5. The molecule has 0 spiro atoms. The second kappa shape index (κ2) is 6.35. The van der Waals surface area contributed by atoms with Gasteiger partial charge in [-0.25, -0.2) is 0 Å². The Bertz CT molecular complexity index is 449. The standard InChI is InChI=1S/C13H18N2O2S/c1-4-15-11(16)7-17-12-8(2)5-10(13(14)18)6-9(12)3/h5-6H,4,7H2,1-3H3,(H2,14,18)(H,15,16). The molecule has 0 aliphatic rings. The molecule has 1 amide bonds. The van der Waals surface area contributed by atoms with Crippen molar-refractivity contribution in [3.63, 3.8) is 0 Å². The van der Waals surface area contributed by atoms with Crippen LogP contribution in [0.3, 0.4) is 0 Å². The number of carbonyl (C=O) groups is 1. The highest BCUT2D eigenvalue weighted by Gasteiger charge is 2.09. The van der Waals surface area contributed by atoms with Crippen molar-refractivity contribution >= 4 is 23.1 Å². The summed E-state index contributed by atoms with van der Waals surface area (Å²) in [6.45, 7) is 6.29. The van der Waals surface area contributed by atoms with Crippen molar-refractivity contribution in [2.45, 2.75) is 20.8 Å². The summed E-state index contributed by atoms with van der Waals surface area (Å²) in [5, 5.41) is 2.68. The van der Waals surface area contributed by atoms with Crippen LogP contribution in [-0.2, 0) is 4.79 Å². The van der Waals surface area contributed by atoms with Crippen LogP contribution in [0.15, 0.2) is 12.1 Å². The van der Waals surface area contributed by atoms with E-state index < -0.39 is 0 Å². The lowest BCUT2D eigenvalue weighted by Crippen LogP contribution is -2.28. The van der Waals surface area contributed by atoms with E-state index in [1.54, 1.807) is 0 Å². The number of benzene rings is 1. The van der Waals surface area contributed by atoms with Gasteiger partial charge in [-0.2, -0.15) is 0 Å². The number of ether oxygens (including phenoxy) is 1. The molecule has 3 N–H and O–H groups in total. The van der Waals surface area contributed by atoms with E-state index in [1.165, 1.54) is 0 Å². The highest BCUT2D eigenvalue weighted by Crippen LogP contribution is 2.24. The molecular weight excluding hydrogens is 248 g/mol. The van der Waals surface area contributed by atoms with Crippen LogP contribution in [0.2, 0.25) is 0 Å². The zero-order chi connectivity index (χ0) is 13.7. The first-order valence-electron chi connectivity index (χ1n) is 5.76. The molecule has 18 heavy (non-hydrogen) atoms. The minimum absolute atomic E-state index is 0.0158. The highest BCUT2D eigenvalue weighted by molar-refractivity contribution is 7.80. The first-order valence-corrected chi connectivity index (χ1v) is 6.17. The van der Waals surface area contributed by atoms with Crippen molar-refractivity contribution in [3.8, 4) is 5.75 Å². The van der Waals surface area contributed by atoms with Crippen molar-refractivity contribution in [2.75, 3.05) is 13.2 Å². The topological polar surface area (TPSA) is 64.3 Å². The van der Waals surface area contributed by atoms with Crippen LogP contribution in [0.25, 0.3) is 0 Å². The first kappa shape index (κ1) is 14.4. The molecule has 0 fully saturated rings. The van der Waals surface area contributed by atoms with E-state index in [0.29, 0.717) is 17.3 Å². The number of nitrogens with one attached hydrogen (secondary N) is 1. The third-order valence-electron chi connectivity index (χ3n) is 2.47. The Kier molecular flexibility index (Phi) is 5.09. The van der Waals surface area contributed by atoms with Crippen molar-refractivity contribution < 1.29 is 9.53 Å². The normalized spacial score (nSPS) is 9.94. The predicted octanol–water partition coefficient (Wildman–Crippen LogP) is 1.45. The second-order valence-electron chi connectivity index (χ2n) is 4.05. The van der Waals surface area contributed by atoms with Crippen molar-refractivity contribution in [1.29, 1.82) is 0 Å². The van der Waals surface area contributed by atoms with Crippen molar-refractivity contribution in [3.05, 3.63) is 28.8 Å². The molecule has 0 unspecified atom stereocenters. The first-order chi connectivity index (χ1) is 8.45. The minimum atomic E-state index is -0.130. The average Bonchev–Trinajstić information content (AvgIpc) is 2.27. The van der Waals surface area contributed by atoms with Crippen molar-refractivity contribution in [1.82, 2.24) is 5.32 Å². The van der Waals surface area contributed by atoms with E-state index in [4.69, 9.17) is 22.7 Å². The molecule has 1 aromatic rings. The summed E-state index contributed by atoms with van der Waals surface area (Å²) in [6.07, 6.45) is 0. The van der Waals surface area contributed by atoms with E-state index >= 15 is 0 Å². The van der Waals surface area contributed by atoms with Crippen LogP contribution in [0.5, 0.6) is 5.75 Å². The monoisotopic (exact) mass is 266 g/mol. The number of thiocarbonyl (C=S) groups is 1. The molecular formula is C13H18N2O2S. The smallest absolute Gasteiger partial charge is 0.257 e. The van der Waals surface area contributed by atoms with Gasteiger partial charge in [0.1, 0.15) is 10.7 Å². The van der Waals surface area contributed by atoms with Gasteiger partial charge in [0.2, 0.25) is 0 Å². The maximum Gasteiger partial charge on any atom is 0.257 e. The molecule has 0 radical (unpaired) electrons. The molecule has 5 heteroatoms. The van der Waals surface area contributed by atoms with Gasteiger partial charge in [-0.05, 0) is 44.0 Å². The van der Waals surface area contributed by atoms with Gasteiger partial charge >= 0.3 is 0 Å². The molecule has 0 bridgehead atoms. The lowest BCUT2D eigenvalue weighted by molar-refractivity contribution is -0.122. The largest absolute Gasteiger partial charge is 0.483 e. The number of amides is 1. The number of nitrogens with two attached hydrogens (primary N) is 1. The van der Waals surface area contributed by atoms with Crippen LogP contribution < -0.4 is 15.8 Å². The SMILES string of the molecule is CCNC(=O)COc1c(C)cc(C(N)=S)cc1C. The highest BCUT2D eigenvalue weighted by atomic mass is 32.1. The van der Waals surface area contributed by atoms with Gasteiger partial charge in [0.05, 0.1) is 0 Å². The summed E-state index contributed by atoms with van der Waals surface area (Å²) in [5.74, 6) is 0.580. The number of carbonyl (C=O) groups excluding carboxylic acids is 1. The summed E-state index contributed by atoms with van der Waals surface area (Å²) in [4.78, 5) is 11.7. The Labute approximate surface area is 113 Å². The van der Waals surface area contributed by atoms with Gasteiger partial charge in [0, 0.05) is 12.1 Å². The number of aryl methyl sites for hydroxylation is 2. The maximum atomic E-state index is 11.3. The fraction of sp³-hybridized carbons (Fsp3) is 0.385. The lowest BCUT2D eigenvalue weighted by Gasteiger charge is -2.13. The average molecular weight is 266 g/mol. The Morgan fingerprint density at radius 2 is 1.94 bits per heavy atom. The van der Waals surface area contributed by atoms with Crippen LogP contribution in [0.1, 0.15) is 23.6 Å². The van der Waals surface area contributed by atoms with Crippen LogP contribution >= 0.6 is 12.2 Å². The quantitative estimate of drug-likeness (QED) is 0.792. The molecule has 0 aliphatic heterocycles. The van der Waals surface area contributed by atoms with Crippen LogP contribution in [0, 0.1) is 13.8 Å². The Balaban J connectivity index is 2.84. The number of likely N-dealkylation sites (N-methyl/N-ethyl adjacent to an activating group) is 1. The van der Waals surface area contributed by atoms with Gasteiger partial charge in [-0.1, -0.05) is 12.2 Å². The van der Waals surface area contributed by atoms with E-state index in [1.807, 2.05) is 32.9 Å². The van der Waals surface area contributed by atoms with Gasteiger partial charge in [-0.15, -0.1) is 0 Å². The molecule has 98 valence electrons. The van der Waals surface area contributed by atoms with E-state index in [-0.39, 0.29) is 12.5 Å². The summed E-state index contributed by atoms with van der Waals surface area (Å²) in [7, 11) is 0. The second-order valence-corrected chi connectivity index (χ2v) is 4.49. The molecule has 0 heterocycles. The molecule has 0 aliphatic carbocycles. The third kappa shape index (κ3) is 3.70. The lowest BCUT2D eigenvalue weighted by atomic mass is 10.1. The number of hydrogen-bond donors (Lipinski definition) is 2. The fourth-order valence-electron chi connectivity index (χ4n) is 1.71. The Morgan fingerprint density at radius 1 is 1.39 bits per heavy atom. The fourth-order valence-corrected chi connectivity index (χ4v) is 1.82. The molecule has 0 saturated heterocycles. The summed E-state index contributed by atoms with van der Waals surface area (Å²) in [5.41, 5.74) is 8.24. The zero-order valence-corrected chi connectivity index (χ0v) is 11.7. The molecule has 0 saturated carbocycles. The predicted molar refractivity (Wildman–Crippen MR) is 76.0 cm³/mol. The van der Waals surface area contributed by atoms with E-state index in [0.717, 1.165) is 16.7 Å². The molecule has 4 nitrogen and oxygen atoms in total. The summed E-state index contributed by atoms with van der Waals surface area (Å²) >= 11 is 4.94. The molecule has 0 aromatic heterocycles. The molecule has 1 rings (SSSR count). The number of hydrogen-bond acceptors (Lipinski definition) is 3. The summed E-state index contributed by atoms with van der Waals surface area (Å²) < 4.78 is 5.52. The molecule has 1 aromatic carbocycles. The minimum Gasteiger partial charge on any atom is -0.483 e. The van der Waals surface area contributed by atoms with Gasteiger partial charge in [0.25, 0.3) is 5.91 Å².